The van der Waals surface area contributed by atoms with E-state index in [2.05, 4.69) is 77.0 Å². The van der Waals surface area contributed by atoms with Crippen molar-refractivity contribution in [3.05, 3.63) is 65.5 Å². The van der Waals surface area contributed by atoms with Gasteiger partial charge in [0.15, 0.2) is 0 Å². The lowest BCUT2D eigenvalue weighted by Gasteiger charge is -2.73. The maximum atomic E-state index is 14.5. The molecule has 50 heavy (non-hydrogen) atoms. The van der Waals surface area contributed by atoms with Crippen LogP contribution in [0.4, 0.5) is 0 Å². The lowest BCUT2D eigenvalue weighted by molar-refractivity contribution is -0.239. The summed E-state index contributed by atoms with van der Waals surface area (Å²) in [6.07, 6.45) is 14.7. The summed E-state index contributed by atoms with van der Waals surface area (Å²) in [6, 6.07) is 14.4. The molecule has 10 atom stereocenters. The van der Waals surface area contributed by atoms with E-state index < -0.39 is 0 Å². The monoisotopic (exact) mass is 680 g/mol. The standard InChI is InChI=1S/C45H64N2O3/c1-29(2)33-18-24-45(40(49)47-28-21-32-11-9-10-27-46-32)26-25-43(6)35(38(33)45)16-17-37-42(5)22-19-34(30-12-14-31(15-13-30)39(48)50-8)41(3,4)36(42)20-23-44(37,43)7/h9-15,27,29,33-38H,16-26,28H2,1-8H3,(H,47,49)/t33-,34+,35+,36-,37+,38+,42-,43+,44+,45-/m0/s1. The molecule has 0 spiro atoms. The van der Waals surface area contributed by atoms with E-state index in [1.54, 1.807) is 0 Å². The molecule has 1 amide bonds. The van der Waals surface area contributed by atoms with Crippen LogP contribution in [-0.4, -0.2) is 30.5 Å². The highest BCUT2D eigenvalue weighted by Gasteiger charge is 2.72. The number of hydrogen-bond donors (Lipinski definition) is 1. The molecule has 5 fully saturated rings. The largest absolute Gasteiger partial charge is 0.465 e. The van der Waals surface area contributed by atoms with Crippen molar-refractivity contribution in [2.45, 2.75) is 125 Å². The van der Waals surface area contributed by atoms with Crippen molar-refractivity contribution in [3.8, 4) is 0 Å². The average Bonchev–Trinajstić information content (AvgIpc) is 3.50. The number of hydrogen-bond acceptors (Lipinski definition) is 4. The number of fused-ring (bicyclic) bond motifs is 7. The number of carbonyl (C=O) groups excluding carboxylic acids is 2. The van der Waals surface area contributed by atoms with Crippen molar-refractivity contribution in [3.63, 3.8) is 0 Å². The third kappa shape index (κ3) is 5.24. The maximum Gasteiger partial charge on any atom is 0.337 e. The quantitative estimate of drug-likeness (QED) is 0.296. The molecule has 5 saturated carbocycles. The third-order valence-electron chi connectivity index (χ3n) is 17.0. The topological polar surface area (TPSA) is 68.3 Å². The van der Waals surface area contributed by atoms with Gasteiger partial charge in [0.1, 0.15) is 0 Å². The van der Waals surface area contributed by atoms with Crippen molar-refractivity contribution in [2.75, 3.05) is 13.7 Å². The van der Waals surface area contributed by atoms with Crippen LogP contribution in [0.25, 0.3) is 0 Å². The number of amides is 1. The fourth-order valence-corrected chi connectivity index (χ4v) is 14.4. The molecule has 272 valence electrons. The molecule has 0 unspecified atom stereocenters. The summed E-state index contributed by atoms with van der Waals surface area (Å²) in [6.45, 7) is 18.7. The molecule has 0 bridgehead atoms. The number of pyridine rings is 1. The first-order valence-electron chi connectivity index (χ1n) is 20.1. The molecule has 7 rings (SSSR count). The van der Waals surface area contributed by atoms with Gasteiger partial charge in [0.25, 0.3) is 0 Å². The number of ether oxygens (including phenoxy) is 1. The van der Waals surface area contributed by atoms with Crippen molar-refractivity contribution in [1.82, 2.24) is 10.3 Å². The Morgan fingerprint density at radius 2 is 1.60 bits per heavy atom. The van der Waals surface area contributed by atoms with Gasteiger partial charge in [-0.15, -0.1) is 0 Å². The smallest absolute Gasteiger partial charge is 0.337 e. The first kappa shape index (κ1) is 35.7. The number of esters is 1. The molecule has 5 nitrogen and oxygen atoms in total. The number of benzene rings is 1. The van der Waals surface area contributed by atoms with Crippen LogP contribution in [-0.2, 0) is 16.0 Å². The Kier molecular flexibility index (Phi) is 9.11. The zero-order valence-electron chi connectivity index (χ0n) is 32.3. The SMILES string of the molecule is COC(=O)c1ccc([C@H]2CC[C@]3(C)[C@H]4CC[C@@H]5[C@H]6[C@H](C(C)C)CC[C@]6(C(=O)NCCc6ccccn6)CC[C@@]5(C)[C@]4(C)CC[C@H]3C2(C)C)cc1. The number of methoxy groups -OCH3 is 1. The second-order valence-electron chi connectivity index (χ2n) is 19.2. The van der Waals surface area contributed by atoms with Crippen LogP contribution in [0.2, 0.25) is 0 Å². The van der Waals surface area contributed by atoms with Gasteiger partial charge in [0, 0.05) is 24.9 Å². The van der Waals surface area contributed by atoms with Crippen LogP contribution in [0.5, 0.6) is 0 Å². The van der Waals surface area contributed by atoms with Crippen molar-refractivity contribution < 1.29 is 14.3 Å². The van der Waals surface area contributed by atoms with Gasteiger partial charge in [-0.1, -0.05) is 66.7 Å². The maximum absolute atomic E-state index is 14.5. The van der Waals surface area contributed by atoms with E-state index in [1.807, 2.05) is 30.5 Å². The fraction of sp³-hybridized carbons (Fsp3) is 0.711. The predicted molar refractivity (Wildman–Crippen MR) is 200 cm³/mol. The molecular formula is C45H64N2O3. The van der Waals surface area contributed by atoms with E-state index in [0.29, 0.717) is 64.9 Å². The van der Waals surface area contributed by atoms with E-state index in [1.165, 1.54) is 64.0 Å². The summed E-state index contributed by atoms with van der Waals surface area (Å²) < 4.78 is 4.98. The molecular weight excluding hydrogens is 617 g/mol. The van der Waals surface area contributed by atoms with E-state index in [0.717, 1.165) is 25.0 Å². The predicted octanol–water partition coefficient (Wildman–Crippen LogP) is 10.0. The number of nitrogens with zero attached hydrogens (tertiary/aromatic N) is 1. The van der Waals surface area contributed by atoms with Crippen LogP contribution >= 0.6 is 0 Å². The summed E-state index contributed by atoms with van der Waals surface area (Å²) in [4.78, 5) is 31.1. The molecule has 0 saturated heterocycles. The highest BCUT2D eigenvalue weighted by molar-refractivity contribution is 5.89. The Bertz CT molecular complexity index is 1570. The van der Waals surface area contributed by atoms with E-state index in [9.17, 15) is 9.59 Å². The van der Waals surface area contributed by atoms with Crippen LogP contribution in [0.3, 0.4) is 0 Å². The first-order chi connectivity index (χ1) is 23.7. The van der Waals surface area contributed by atoms with Gasteiger partial charge in [-0.2, -0.15) is 0 Å². The van der Waals surface area contributed by atoms with Gasteiger partial charge >= 0.3 is 5.97 Å². The lowest BCUT2D eigenvalue weighted by Crippen LogP contribution is -2.67. The molecule has 1 aromatic heterocycles. The average molecular weight is 681 g/mol. The zero-order valence-corrected chi connectivity index (χ0v) is 32.3. The molecule has 2 aromatic rings. The van der Waals surface area contributed by atoms with Crippen molar-refractivity contribution in [2.24, 2.45) is 62.6 Å². The summed E-state index contributed by atoms with van der Waals surface area (Å²) >= 11 is 0. The number of aromatic nitrogens is 1. The van der Waals surface area contributed by atoms with Gasteiger partial charge in [0.05, 0.1) is 18.1 Å². The Labute approximate surface area is 302 Å². The highest BCUT2D eigenvalue weighted by atomic mass is 16.5. The van der Waals surface area contributed by atoms with Gasteiger partial charge in [0.2, 0.25) is 5.91 Å². The van der Waals surface area contributed by atoms with E-state index in [-0.39, 0.29) is 27.6 Å². The number of rotatable bonds is 7. The van der Waals surface area contributed by atoms with E-state index >= 15 is 0 Å². The Balaban J connectivity index is 1.14. The minimum absolute atomic E-state index is 0.169. The van der Waals surface area contributed by atoms with Crippen LogP contribution in [0.1, 0.15) is 140 Å². The Morgan fingerprint density at radius 1 is 0.840 bits per heavy atom. The van der Waals surface area contributed by atoms with Gasteiger partial charge in [-0.05, 0) is 157 Å². The van der Waals surface area contributed by atoms with Gasteiger partial charge < -0.3 is 10.1 Å². The fourth-order valence-electron chi connectivity index (χ4n) is 14.4. The van der Waals surface area contributed by atoms with E-state index in [4.69, 9.17) is 4.74 Å². The molecule has 1 heterocycles. The van der Waals surface area contributed by atoms with Crippen LogP contribution in [0.15, 0.2) is 48.7 Å². The number of carbonyl (C=O) groups is 2. The molecule has 5 heteroatoms. The first-order valence-corrected chi connectivity index (χ1v) is 20.1. The Hall–Kier alpha value is -2.69. The van der Waals surface area contributed by atoms with Crippen LogP contribution in [0, 0.1) is 62.6 Å². The molecule has 1 aromatic carbocycles. The van der Waals surface area contributed by atoms with Crippen LogP contribution < -0.4 is 5.32 Å². The lowest BCUT2D eigenvalue weighted by atomic mass is 9.31. The summed E-state index contributed by atoms with van der Waals surface area (Å²) in [5.74, 6) is 4.22. The second-order valence-corrected chi connectivity index (χ2v) is 19.2. The minimum Gasteiger partial charge on any atom is -0.465 e. The summed E-state index contributed by atoms with van der Waals surface area (Å²) in [5, 5.41) is 3.48. The number of nitrogens with one attached hydrogen (secondary N) is 1. The van der Waals surface area contributed by atoms with Crippen molar-refractivity contribution in [1.29, 1.82) is 0 Å². The summed E-state index contributed by atoms with van der Waals surface area (Å²) in [5.41, 5.74) is 3.82. The minimum atomic E-state index is -0.263. The normalized spacial score (nSPS) is 40.2. The highest BCUT2D eigenvalue weighted by Crippen LogP contribution is 2.78. The van der Waals surface area contributed by atoms with Gasteiger partial charge in [-0.25, -0.2) is 4.79 Å². The molecule has 5 aliphatic rings. The molecule has 0 radical (unpaired) electrons. The third-order valence-corrected chi connectivity index (χ3v) is 17.0. The van der Waals surface area contributed by atoms with Gasteiger partial charge in [-0.3, -0.25) is 9.78 Å². The molecule has 0 aliphatic heterocycles. The zero-order chi connectivity index (χ0) is 35.7. The second kappa shape index (κ2) is 12.8. The Morgan fingerprint density at radius 3 is 2.28 bits per heavy atom. The summed E-state index contributed by atoms with van der Waals surface area (Å²) in [7, 11) is 1.45. The molecule has 5 aliphatic carbocycles. The van der Waals surface area contributed by atoms with Crippen molar-refractivity contribution >= 4 is 11.9 Å². The molecule has 1 N–H and O–H groups in total.